The molecule has 15 heavy (non-hydrogen) atoms. The van der Waals surface area contributed by atoms with Crippen LogP contribution < -0.4 is 0 Å². The third kappa shape index (κ3) is 3.16. The van der Waals surface area contributed by atoms with Crippen LogP contribution in [0.1, 0.15) is 32.6 Å². The molecule has 0 heterocycles. The van der Waals surface area contributed by atoms with Gasteiger partial charge in [-0.3, -0.25) is 0 Å². The summed E-state index contributed by atoms with van der Waals surface area (Å²) in [7, 11) is 0. The lowest BCUT2D eigenvalue weighted by atomic mass is 9.91. The number of phenolic OH excluding ortho intramolecular Hbond substituents is 1. The lowest BCUT2D eigenvalue weighted by Gasteiger charge is -2.26. The van der Waals surface area contributed by atoms with Crippen molar-refractivity contribution in [1.82, 2.24) is 0 Å². The van der Waals surface area contributed by atoms with Crippen molar-refractivity contribution in [2.75, 3.05) is 0 Å². The van der Waals surface area contributed by atoms with E-state index < -0.39 is 0 Å². The van der Waals surface area contributed by atoms with Gasteiger partial charge in [0, 0.05) is 10.1 Å². The van der Waals surface area contributed by atoms with Gasteiger partial charge in [-0.1, -0.05) is 25.8 Å². The van der Waals surface area contributed by atoms with Crippen molar-refractivity contribution in [1.29, 1.82) is 0 Å². The zero-order valence-corrected chi connectivity index (χ0v) is 9.96. The van der Waals surface area contributed by atoms with E-state index in [4.69, 9.17) is 0 Å². The number of aromatic hydroxyl groups is 1. The van der Waals surface area contributed by atoms with Crippen LogP contribution in [0, 0.1) is 5.92 Å². The first-order valence-corrected chi connectivity index (χ1v) is 6.57. The second-order valence-electron chi connectivity index (χ2n) is 4.51. The van der Waals surface area contributed by atoms with Gasteiger partial charge in [-0.05, 0) is 37.0 Å². The topological polar surface area (TPSA) is 20.2 Å². The first-order valence-electron chi connectivity index (χ1n) is 5.70. The Bertz CT molecular complexity index is 324. The lowest BCUT2D eigenvalue weighted by Crippen LogP contribution is -2.14. The van der Waals surface area contributed by atoms with Crippen LogP contribution in [-0.2, 0) is 0 Å². The van der Waals surface area contributed by atoms with Crippen molar-refractivity contribution < 1.29 is 5.11 Å². The number of rotatable bonds is 2. The molecule has 1 fully saturated rings. The largest absolute Gasteiger partial charge is 0.508 e. The van der Waals surface area contributed by atoms with Crippen molar-refractivity contribution in [3.8, 4) is 5.75 Å². The van der Waals surface area contributed by atoms with Crippen LogP contribution >= 0.6 is 11.8 Å². The Kier molecular flexibility index (Phi) is 3.57. The third-order valence-electron chi connectivity index (χ3n) is 3.01. The molecule has 1 aromatic rings. The predicted octanol–water partition coefficient (Wildman–Crippen LogP) is 4.06. The number of hydrogen-bond acceptors (Lipinski definition) is 2. The average molecular weight is 222 g/mol. The molecule has 1 N–H and O–H groups in total. The number of hydrogen-bond donors (Lipinski definition) is 1. The summed E-state index contributed by atoms with van der Waals surface area (Å²) in [4.78, 5) is 1.20. The molecule has 2 atom stereocenters. The van der Waals surface area contributed by atoms with E-state index in [0.717, 1.165) is 11.2 Å². The molecule has 0 bridgehead atoms. The molecule has 0 saturated heterocycles. The fourth-order valence-electron chi connectivity index (χ4n) is 2.23. The minimum absolute atomic E-state index is 0.379. The second kappa shape index (κ2) is 4.93. The Balaban J connectivity index is 1.96. The second-order valence-corrected chi connectivity index (χ2v) is 5.88. The van der Waals surface area contributed by atoms with Crippen molar-refractivity contribution in [2.45, 2.75) is 42.8 Å². The first-order chi connectivity index (χ1) is 7.24. The summed E-state index contributed by atoms with van der Waals surface area (Å²) in [5.41, 5.74) is 0. The number of thioether (sulfide) groups is 1. The molecular formula is C13H18OS. The van der Waals surface area contributed by atoms with Gasteiger partial charge < -0.3 is 5.11 Å². The smallest absolute Gasteiger partial charge is 0.116 e. The molecule has 0 radical (unpaired) electrons. The van der Waals surface area contributed by atoms with Crippen molar-refractivity contribution in [3.05, 3.63) is 24.3 Å². The Morgan fingerprint density at radius 1 is 1.33 bits per heavy atom. The van der Waals surface area contributed by atoms with Gasteiger partial charge in [-0.2, -0.15) is 0 Å². The van der Waals surface area contributed by atoms with E-state index in [1.54, 1.807) is 6.07 Å². The molecular weight excluding hydrogens is 204 g/mol. The van der Waals surface area contributed by atoms with Crippen molar-refractivity contribution >= 4 is 11.8 Å². The van der Waals surface area contributed by atoms with Gasteiger partial charge in [0.05, 0.1) is 0 Å². The third-order valence-corrected chi connectivity index (χ3v) is 4.30. The minimum atomic E-state index is 0.379. The highest BCUT2D eigenvalue weighted by atomic mass is 32.2. The summed E-state index contributed by atoms with van der Waals surface area (Å²) in [6.45, 7) is 2.34. The van der Waals surface area contributed by atoms with Crippen LogP contribution in [0.3, 0.4) is 0 Å². The van der Waals surface area contributed by atoms with Crippen LogP contribution in [0.15, 0.2) is 29.2 Å². The van der Waals surface area contributed by atoms with Crippen LogP contribution in [0.4, 0.5) is 0 Å². The highest BCUT2D eigenvalue weighted by Gasteiger charge is 2.19. The molecule has 1 aliphatic carbocycles. The highest BCUT2D eigenvalue weighted by molar-refractivity contribution is 8.00. The average Bonchev–Trinajstić information content (AvgIpc) is 2.17. The van der Waals surface area contributed by atoms with Gasteiger partial charge in [0.25, 0.3) is 0 Å². The molecule has 1 saturated carbocycles. The maximum atomic E-state index is 9.38. The van der Waals surface area contributed by atoms with Gasteiger partial charge in [0.15, 0.2) is 0 Å². The number of phenols is 1. The predicted molar refractivity (Wildman–Crippen MR) is 65.4 cm³/mol. The molecule has 2 rings (SSSR count). The molecule has 2 unspecified atom stereocenters. The summed E-state index contributed by atoms with van der Waals surface area (Å²) in [5.74, 6) is 1.25. The van der Waals surface area contributed by atoms with Crippen molar-refractivity contribution in [3.63, 3.8) is 0 Å². The SMILES string of the molecule is CC1CCCC(Sc2cccc(O)c2)C1. The summed E-state index contributed by atoms with van der Waals surface area (Å²) in [5, 5.41) is 10.1. The summed E-state index contributed by atoms with van der Waals surface area (Å²) in [6.07, 6.45) is 5.39. The van der Waals surface area contributed by atoms with E-state index in [0.29, 0.717) is 5.75 Å². The molecule has 0 aliphatic heterocycles. The van der Waals surface area contributed by atoms with Crippen molar-refractivity contribution in [2.24, 2.45) is 5.92 Å². The van der Waals surface area contributed by atoms with Crippen LogP contribution in [0.2, 0.25) is 0 Å². The van der Waals surface area contributed by atoms with Gasteiger partial charge in [0.2, 0.25) is 0 Å². The minimum Gasteiger partial charge on any atom is -0.508 e. The Labute approximate surface area is 95.9 Å². The van der Waals surface area contributed by atoms with Crippen LogP contribution in [0.25, 0.3) is 0 Å². The maximum Gasteiger partial charge on any atom is 0.116 e. The van der Waals surface area contributed by atoms with E-state index in [-0.39, 0.29) is 0 Å². The van der Waals surface area contributed by atoms with Gasteiger partial charge >= 0.3 is 0 Å². The first kappa shape index (κ1) is 10.9. The standard InChI is InChI=1S/C13H18OS/c1-10-4-2-6-12(8-10)15-13-7-3-5-11(14)9-13/h3,5,7,9-10,12,14H,2,4,6,8H2,1H3. The fraction of sp³-hybridized carbons (Fsp3) is 0.538. The molecule has 2 heteroatoms. The summed E-state index contributed by atoms with van der Waals surface area (Å²) >= 11 is 1.92. The molecule has 1 nitrogen and oxygen atoms in total. The Morgan fingerprint density at radius 2 is 2.20 bits per heavy atom. The molecule has 82 valence electrons. The van der Waals surface area contributed by atoms with E-state index in [1.807, 2.05) is 23.9 Å². The summed E-state index contributed by atoms with van der Waals surface area (Å²) in [6, 6.07) is 7.60. The zero-order chi connectivity index (χ0) is 10.7. The molecule has 0 aromatic heterocycles. The molecule has 0 spiro atoms. The Hall–Kier alpha value is -0.630. The van der Waals surface area contributed by atoms with E-state index >= 15 is 0 Å². The molecule has 1 aromatic carbocycles. The summed E-state index contributed by atoms with van der Waals surface area (Å²) < 4.78 is 0. The van der Waals surface area contributed by atoms with E-state index in [9.17, 15) is 5.11 Å². The Morgan fingerprint density at radius 3 is 2.93 bits per heavy atom. The quantitative estimate of drug-likeness (QED) is 0.814. The normalized spacial score (nSPS) is 26.5. The van der Waals surface area contributed by atoms with E-state index in [2.05, 4.69) is 13.0 Å². The van der Waals surface area contributed by atoms with Gasteiger partial charge in [0.1, 0.15) is 5.75 Å². The van der Waals surface area contributed by atoms with Crippen LogP contribution in [-0.4, -0.2) is 10.4 Å². The van der Waals surface area contributed by atoms with Crippen LogP contribution in [0.5, 0.6) is 5.75 Å². The fourth-order valence-corrected chi connectivity index (χ4v) is 3.67. The highest BCUT2D eigenvalue weighted by Crippen LogP contribution is 2.36. The van der Waals surface area contributed by atoms with Gasteiger partial charge in [-0.25, -0.2) is 0 Å². The van der Waals surface area contributed by atoms with Gasteiger partial charge in [-0.15, -0.1) is 11.8 Å². The zero-order valence-electron chi connectivity index (χ0n) is 9.15. The van der Waals surface area contributed by atoms with E-state index in [1.165, 1.54) is 30.6 Å². The number of benzene rings is 1. The molecule has 0 amide bonds. The maximum absolute atomic E-state index is 9.38. The lowest BCUT2D eigenvalue weighted by molar-refractivity contribution is 0.394. The monoisotopic (exact) mass is 222 g/mol. The molecule has 1 aliphatic rings.